The van der Waals surface area contributed by atoms with Gasteiger partial charge in [-0.3, -0.25) is 9.36 Å². The molecule has 154 valence electrons. The quantitative estimate of drug-likeness (QED) is 0.442. The number of benzene rings is 2. The number of nitrogens with zero attached hydrogens (tertiary/aromatic N) is 3. The van der Waals surface area contributed by atoms with E-state index in [2.05, 4.69) is 5.10 Å². The van der Waals surface area contributed by atoms with E-state index in [0.717, 1.165) is 5.56 Å². The summed E-state index contributed by atoms with van der Waals surface area (Å²) in [4.78, 5) is 12.8. The van der Waals surface area contributed by atoms with Crippen molar-refractivity contribution in [2.24, 2.45) is 0 Å². The molecule has 2 aromatic heterocycles. The maximum absolute atomic E-state index is 13.7. The first-order chi connectivity index (χ1) is 14.1. The average Bonchev–Trinajstić information content (AvgIpc) is 3.02. The first-order valence-electron chi connectivity index (χ1n) is 9.17. The topological polar surface area (TPSA) is 39.8 Å². The summed E-state index contributed by atoms with van der Waals surface area (Å²) in [7, 11) is 0. The Morgan fingerprint density at radius 2 is 1.60 bits per heavy atom. The minimum atomic E-state index is -4.71. The summed E-state index contributed by atoms with van der Waals surface area (Å²) in [6.45, 7) is 3.35. The van der Waals surface area contributed by atoms with Gasteiger partial charge in [0.25, 0.3) is 5.56 Å². The number of aromatic nitrogens is 3. The minimum Gasteiger partial charge on any atom is -0.288 e. The molecule has 8 heteroatoms. The van der Waals surface area contributed by atoms with E-state index >= 15 is 0 Å². The number of hydrogen-bond acceptors (Lipinski definition) is 2. The summed E-state index contributed by atoms with van der Waals surface area (Å²) >= 11 is 0. The van der Waals surface area contributed by atoms with E-state index in [9.17, 15) is 22.4 Å². The van der Waals surface area contributed by atoms with E-state index in [1.54, 1.807) is 12.1 Å². The number of hydrogen-bond donors (Lipinski definition) is 0. The summed E-state index contributed by atoms with van der Waals surface area (Å²) in [6.07, 6.45) is -4.71. The second-order valence-electron chi connectivity index (χ2n) is 7.14. The zero-order valence-electron chi connectivity index (χ0n) is 16.2. The molecule has 0 aliphatic rings. The molecule has 0 bridgehead atoms. The third-order valence-electron chi connectivity index (χ3n) is 4.93. The summed E-state index contributed by atoms with van der Waals surface area (Å²) in [5.74, 6) is -0.441. The van der Waals surface area contributed by atoms with Gasteiger partial charge in [0.15, 0.2) is 0 Å². The van der Waals surface area contributed by atoms with Crippen LogP contribution in [-0.4, -0.2) is 14.3 Å². The number of fused-ring (bicyclic) bond motifs is 1. The third-order valence-corrected chi connectivity index (χ3v) is 4.93. The standard InChI is InChI=1S/C22H17F4N3O/c1-13-3-9-17(10-4-13)29-21-20(14(2)27-29)18(22(24,25)26)11-19(30)28(21)12-15-5-7-16(23)8-6-15/h3-11H,12H2,1-2H3. The molecule has 0 spiro atoms. The number of halogens is 4. The van der Waals surface area contributed by atoms with Gasteiger partial charge in [0.05, 0.1) is 28.9 Å². The molecule has 30 heavy (non-hydrogen) atoms. The Bertz CT molecular complexity index is 1280. The van der Waals surface area contributed by atoms with Gasteiger partial charge < -0.3 is 0 Å². The Labute approximate surface area is 169 Å². The van der Waals surface area contributed by atoms with Crippen molar-refractivity contribution >= 4 is 11.0 Å². The number of alkyl halides is 3. The van der Waals surface area contributed by atoms with Gasteiger partial charge in [-0.1, -0.05) is 29.8 Å². The van der Waals surface area contributed by atoms with Gasteiger partial charge >= 0.3 is 6.18 Å². The average molecular weight is 415 g/mol. The van der Waals surface area contributed by atoms with Crippen LogP contribution in [0.2, 0.25) is 0 Å². The van der Waals surface area contributed by atoms with Gasteiger partial charge in [-0.15, -0.1) is 0 Å². The molecular formula is C22H17F4N3O. The van der Waals surface area contributed by atoms with Crippen molar-refractivity contribution in [2.45, 2.75) is 26.6 Å². The zero-order valence-corrected chi connectivity index (χ0v) is 16.2. The van der Waals surface area contributed by atoms with Crippen molar-refractivity contribution in [2.75, 3.05) is 0 Å². The number of aryl methyl sites for hydroxylation is 2. The van der Waals surface area contributed by atoms with Gasteiger partial charge in [0.2, 0.25) is 0 Å². The van der Waals surface area contributed by atoms with E-state index in [4.69, 9.17) is 0 Å². The van der Waals surface area contributed by atoms with Crippen molar-refractivity contribution in [1.29, 1.82) is 0 Å². The van der Waals surface area contributed by atoms with Crippen LogP contribution in [0.4, 0.5) is 17.6 Å². The van der Waals surface area contributed by atoms with Crippen LogP contribution in [0.5, 0.6) is 0 Å². The van der Waals surface area contributed by atoms with Gasteiger partial charge in [-0.25, -0.2) is 9.07 Å². The first-order valence-corrected chi connectivity index (χ1v) is 9.17. The molecule has 0 radical (unpaired) electrons. The Morgan fingerprint density at radius 1 is 0.967 bits per heavy atom. The van der Waals surface area contributed by atoms with Crippen molar-refractivity contribution in [3.8, 4) is 5.69 Å². The molecule has 0 aliphatic carbocycles. The second-order valence-corrected chi connectivity index (χ2v) is 7.14. The predicted octanol–water partition coefficient (Wildman–Crippen LogP) is 5.01. The van der Waals surface area contributed by atoms with E-state index in [1.165, 1.54) is 40.4 Å². The van der Waals surface area contributed by atoms with E-state index in [0.29, 0.717) is 17.3 Å². The molecule has 0 saturated heterocycles. The molecule has 0 saturated carbocycles. The molecule has 0 amide bonds. The van der Waals surface area contributed by atoms with Crippen molar-refractivity contribution < 1.29 is 17.6 Å². The van der Waals surface area contributed by atoms with Crippen LogP contribution in [0.15, 0.2) is 59.4 Å². The van der Waals surface area contributed by atoms with E-state index in [-0.39, 0.29) is 23.3 Å². The number of pyridine rings is 1. The second kappa shape index (κ2) is 7.12. The van der Waals surface area contributed by atoms with Crippen LogP contribution >= 0.6 is 0 Å². The maximum atomic E-state index is 13.7. The lowest BCUT2D eigenvalue weighted by atomic mass is 10.1. The fourth-order valence-corrected chi connectivity index (χ4v) is 3.47. The molecule has 0 N–H and O–H groups in total. The largest absolute Gasteiger partial charge is 0.417 e. The lowest BCUT2D eigenvalue weighted by Gasteiger charge is -2.15. The van der Waals surface area contributed by atoms with Crippen LogP contribution in [0.25, 0.3) is 16.7 Å². The van der Waals surface area contributed by atoms with Crippen LogP contribution in [0, 0.1) is 19.7 Å². The molecule has 4 rings (SSSR count). The summed E-state index contributed by atoms with van der Waals surface area (Å²) in [5, 5.41) is 4.18. The van der Waals surface area contributed by atoms with Crippen molar-refractivity contribution in [3.05, 3.63) is 93.2 Å². The van der Waals surface area contributed by atoms with Gasteiger partial charge in [-0.2, -0.15) is 18.3 Å². The fourth-order valence-electron chi connectivity index (χ4n) is 3.47. The van der Waals surface area contributed by atoms with Crippen LogP contribution < -0.4 is 5.56 Å². The normalized spacial score (nSPS) is 11.9. The lowest BCUT2D eigenvalue weighted by molar-refractivity contribution is -0.136. The minimum absolute atomic E-state index is 0.0231. The van der Waals surface area contributed by atoms with E-state index in [1.807, 2.05) is 19.1 Å². The van der Waals surface area contributed by atoms with Gasteiger partial charge in [0.1, 0.15) is 11.5 Å². The highest BCUT2D eigenvalue weighted by molar-refractivity contribution is 5.84. The highest BCUT2D eigenvalue weighted by Gasteiger charge is 2.36. The SMILES string of the molecule is Cc1ccc(-n2nc(C)c3c(C(F)(F)F)cc(=O)n(Cc4ccc(F)cc4)c32)cc1. The molecule has 0 fully saturated rings. The highest BCUT2D eigenvalue weighted by atomic mass is 19.4. The molecule has 0 unspecified atom stereocenters. The zero-order chi connectivity index (χ0) is 21.6. The van der Waals surface area contributed by atoms with Crippen molar-refractivity contribution in [1.82, 2.24) is 14.3 Å². The monoisotopic (exact) mass is 415 g/mol. The maximum Gasteiger partial charge on any atom is 0.417 e. The highest BCUT2D eigenvalue weighted by Crippen LogP contribution is 2.36. The van der Waals surface area contributed by atoms with Gasteiger partial charge in [0, 0.05) is 6.07 Å². The smallest absolute Gasteiger partial charge is 0.288 e. The summed E-state index contributed by atoms with van der Waals surface area (Å²) in [6, 6.07) is 13.1. The molecular weight excluding hydrogens is 398 g/mol. The summed E-state index contributed by atoms with van der Waals surface area (Å²) in [5.41, 5.74) is 0.457. The van der Waals surface area contributed by atoms with Crippen molar-refractivity contribution in [3.63, 3.8) is 0 Å². The molecule has 0 atom stereocenters. The molecule has 0 aliphatic heterocycles. The summed E-state index contributed by atoms with van der Waals surface area (Å²) < 4.78 is 57.0. The van der Waals surface area contributed by atoms with Crippen LogP contribution in [0.3, 0.4) is 0 Å². The lowest BCUT2D eigenvalue weighted by Crippen LogP contribution is -2.25. The fraction of sp³-hybridized carbons (Fsp3) is 0.182. The third kappa shape index (κ3) is 3.49. The molecule has 4 aromatic rings. The number of rotatable bonds is 3. The molecule has 4 nitrogen and oxygen atoms in total. The predicted molar refractivity (Wildman–Crippen MR) is 105 cm³/mol. The van der Waals surface area contributed by atoms with Crippen LogP contribution in [0.1, 0.15) is 22.4 Å². The Hall–Kier alpha value is -3.42. The Balaban J connectivity index is 2.05. The van der Waals surface area contributed by atoms with E-state index < -0.39 is 23.1 Å². The molecule has 2 heterocycles. The van der Waals surface area contributed by atoms with Crippen LogP contribution in [-0.2, 0) is 12.7 Å². The Kier molecular flexibility index (Phi) is 4.72. The molecule has 2 aromatic carbocycles. The van der Waals surface area contributed by atoms with Gasteiger partial charge in [-0.05, 0) is 43.7 Å². The first kappa shape index (κ1) is 19.9. The Morgan fingerprint density at radius 3 is 2.20 bits per heavy atom.